The van der Waals surface area contributed by atoms with Crippen LogP contribution in [0, 0.1) is 0 Å². The number of carbonyl (C=O) groups excluding carboxylic acids is 1. The first kappa shape index (κ1) is 12.6. The third-order valence-corrected chi connectivity index (χ3v) is 2.67. The molecule has 0 N–H and O–H groups in total. The van der Waals surface area contributed by atoms with Gasteiger partial charge in [-0.1, -0.05) is 19.8 Å². The van der Waals surface area contributed by atoms with E-state index in [9.17, 15) is 4.79 Å². The van der Waals surface area contributed by atoms with Gasteiger partial charge in [-0.25, -0.2) is 0 Å². The third-order valence-electron chi connectivity index (χ3n) is 2.67. The quantitative estimate of drug-likeness (QED) is 0.711. The Morgan fingerprint density at radius 3 is 2.33 bits per heavy atom. The first-order valence-electron chi connectivity index (χ1n) is 4.38. The van der Waals surface area contributed by atoms with Crippen molar-refractivity contribution in [1.82, 2.24) is 0 Å². The first-order valence-corrected chi connectivity index (χ1v) is 4.38. The molecule has 0 aromatic heterocycles. The van der Waals surface area contributed by atoms with E-state index in [1.165, 1.54) is 19.3 Å². The fourth-order valence-corrected chi connectivity index (χ4v) is 1.81. The van der Waals surface area contributed by atoms with Crippen LogP contribution < -0.4 is 0 Å². The summed E-state index contributed by atoms with van der Waals surface area (Å²) in [6.07, 6.45) is 6.65. The summed E-state index contributed by atoms with van der Waals surface area (Å²) in [6.45, 7) is 3.65. The third kappa shape index (κ3) is 3.14. The van der Waals surface area contributed by atoms with Crippen LogP contribution in [0.1, 0.15) is 45.4 Å². The normalized spacial score (nSPS) is 20.8. The molecular weight excluding hydrogens is 229 g/mol. The Hall–Kier alpha value is 0.574. The Kier molecular flexibility index (Phi) is 6.38. The Balaban J connectivity index is 0.00000121. The van der Waals surface area contributed by atoms with Gasteiger partial charge < -0.3 is 9.53 Å². The Bertz CT molecular complexity index is 130. The predicted octanol–water partition coefficient (Wildman–Crippen LogP) is 2.18. The molecule has 12 heavy (non-hydrogen) atoms. The number of ether oxygens (including phenoxy) is 1. The van der Waals surface area contributed by atoms with Crippen molar-refractivity contribution in [3.8, 4) is 0 Å². The molecule has 1 aliphatic carbocycles. The fourth-order valence-electron chi connectivity index (χ4n) is 1.81. The van der Waals surface area contributed by atoms with Gasteiger partial charge in [0.25, 0.3) is 0 Å². The van der Waals surface area contributed by atoms with Crippen LogP contribution in [-0.2, 0) is 42.2 Å². The fraction of sp³-hybridized carbons (Fsp3) is 0.889. The molecule has 3 heteroatoms. The molecule has 0 unspecified atom stereocenters. The molecule has 0 aromatic rings. The van der Waals surface area contributed by atoms with Gasteiger partial charge in [0.05, 0.1) is 5.60 Å². The zero-order chi connectivity index (χ0) is 8.16. The van der Waals surface area contributed by atoms with Gasteiger partial charge in [0.2, 0.25) is 0 Å². The maximum absolute atomic E-state index is 10.1. The summed E-state index contributed by atoms with van der Waals surface area (Å²) < 4.78 is 5.01. The molecule has 0 aliphatic heterocycles. The number of hydrogen-bond acceptors (Lipinski definition) is 2. The smallest absolute Gasteiger partial charge is 0.0707 e. The summed E-state index contributed by atoms with van der Waals surface area (Å²) in [4.78, 5) is 10.1. The number of hydrogen-bond donors (Lipinski definition) is 0. The van der Waals surface area contributed by atoms with E-state index in [1.54, 1.807) is 6.47 Å². The molecule has 1 fully saturated rings. The number of rotatable bonds is 3. The van der Waals surface area contributed by atoms with Crippen molar-refractivity contribution in [2.24, 2.45) is 0 Å². The SMILES string of the molecule is CCC1(O[C-]=O)CCCCC1.[Y]. The first-order chi connectivity index (χ1) is 5.33. The van der Waals surface area contributed by atoms with E-state index in [0.717, 1.165) is 19.3 Å². The van der Waals surface area contributed by atoms with Gasteiger partial charge in [-0.05, 0) is 32.1 Å². The van der Waals surface area contributed by atoms with Crippen LogP contribution in [0.2, 0.25) is 0 Å². The van der Waals surface area contributed by atoms with Crippen molar-refractivity contribution in [1.29, 1.82) is 0 Å². The second-order valence-electron chi connectivity index (χ2n) is 3.28. The predicted molar refractivity (Wildman–Crippen MR) is 42.9 cm³/mol. The zero-order valence-corrected chi connectivity index (χ0v) is 10.5. The van der Waals surface area contributed by atoms with E-state index in [2.05, 4.69) is 6.92 Å². The minimum Gasteiger partial charge on any atom is -0.648 e. The molecule has 0 spiro atoms. The van der Waals surface area contributed by atoms with Crippen molar-refractivity contribution in [3.05, 3.63) is 0 Å². The molecule has 67 valence electrons. The van der Waals surface area contributed by atoms with Gasteiger partial charge in [-0.2, -0.15) is 0 Å². The van der Waals surface area contributed by atoms with Crippen LogP contribution >= 0.6 is 0 Å². The summed E-state index contributed by atoms with van der Waals surface area (Å²) in [5.41, 5.74) is -0.153. The van der Waals surface area contributed by atoms with Crippen molar-refractivity contribution in [3.63, 3.8) is 0 Å². The summed E-state index contributed by atoms with van der Waals surface area (Å²) in [5.74, 6) is 0. The molecule has 0 saturated heterocycles. The van der Waals surface area contributed by atoms with Crippen molar-refractivity contribution in [2.75, 3.05) is 0 Å². The summed E-state index contributed by atoms with van der Waals surface area (Å²) in [5, 5.41) is 0. The van der Waals surface area contributed by atoms with Crippen LogP contribution in [0.25, 0.3) is 0 Å². The minimum absolute atomic E-state index is 0. The van der Waals surface area contributed by atoms with Gasteiger partial charge in [0.1, 0.15) is 0 Å². The van der Waals surface area contributed by atoms with E-state index in [0.29, 0.717) is 0 Å². The molecule has 1 rings (SSSR count). The van der Waals surface area contributed by atoms with Gasteiger partial charge in [0.15, 0.2) is 0 Å². The van der Waals surface area contributed by atoms with Crippen LogP contribution in [0.5, 0.6) is 0 Å². The average molecular weight is 244 g/mol. The average Bonchev–Trinajstić information content (AvgIpc) is 2.07. The van der Waals surface area contributed by atoms with Crippen molar-refractivity contribution < 1.29 is 42.2 Å². The molecule has 0 bridgehead atoms. The van der Waals surface area contributed by atoms with Crippen LogP contribution in [0.15, 0.2) is 0 Å². The summed E-state index contributed by atoms with van der Waals surface area (Å²) in [7, 11) is 0. The van der Waals surface area contributed by atoms with E-state index >= 15 is 0 Å². The second kappa shape index (κ2) is 6.09. The van der Waals surface area contributed by atoms with E-state index in [4.69, 9.17) is 4.74 Å². The van der Waals surface area contributed by atoms with Crippen molar-refractivity contribution >= 4 is 6.47 Å². The molecule has 0 heterocycles. The largest absolute Gasteiger partial charge is 0.648 e. The molecule has 2 nitrogen and oxygen atoms in total. The second-order valence-corrected chi connectivity index (χ2v) is 3.28. The molecule has 0 amide bonds. The summed E-state index contributed by atoms with van der Waals surface area (Å²) in [6, 6.07) is 0. The summed E-state index contributed by atoms with van der Waals surface area (Å²) >= 11 is 0. The topological polar surface area (TPSA) is 26.3 Å². The minimum atomic E-state index is -0.153. The molecule has 0 atom stereocenters. The monoisotopic (exact) mass is 244 g/mol. The van der Waals surface area contributed by atoms with Crippen LogP contribution in [0.3, 0.4) is 0 Å². The molecule has 0 aromatic carbocycles. The zero-order valence-electron chi connectivity index (χ0n) is 7.64. The Morgan fingerprint density at radius 2 is 1.92 bits per heavy atom. The van der Waals surface area contributed by atoms with Crippen molar-refractivity contribution in [2.45, 2.75) is 51.0 Å². The maximum atomic E-state index is 10.1. The maximum Gasteiger partial charge on any atom is 0.0707 e. The molecule has 1 saturated carbocycles. The molecule has 1 radical (unpaired) electrons. The molecule has 1 aliphatic rings. The molecular formula is C9H15O2Y-. The van der Waals surface area contributed by atoms with Gasteiger partial charge in [-0.3, -0.25) is 0 Å². The standard InChI is InChI=1S/C9H15O2.Y/c1-2-9(11-8-10)6-4-3-5-7-9;/h2-7H2,1H3;/q-1;. The van der Waals surface area contributed by atoms with Crippen LogP contribution in [0.4, 0.5) is 0 Å². The van der Waals surface area contributed by atoms with E-state index in [-0.39, 0.29) is 38.3 Å². The van der Waals surface area contributed by atoms with E-state index < -0.39 is 0 Å². The van der Waals surface area contributed by atoms with Crippen LogP contribution in [-0.4, -0.2) is 12.1 Å². The van der Waals surface area contributed by atoms with Gasteiger partial charge >= 0.3 is 0 Å². The van der Waals surface area contributed by atoms with E-state index in [1.807, 2.05) is 0 Å². The van der Waals surface area contributed by atoms with Gasteiger partial charge in [-0.15, -0.1) is 0 Å². The Labute approximate surface area is 99.3 Å². The van der Waals surface area contributed by atoms with Gasteiger partial charge in [0, 0.05) is 32.7 Å². The Morgan fingerprint density at radius 1 is 1.33 bits per heavy atom.